The Kier molecular flexibility index (Phi) is 9.30. The maximum absolute atomic E-state index is 5.57. The SMILES string of the molecule is CN=C(NCC1(N(C)C)CCOCC1)NC1CCN(c2ccc(Br)cc2)C1.I. The molecule has 2 aliphatic heterocycles. The molecule has 0 spiro atoms. The zero-order valence-electron chi connectivity index (χ0n) is 17.1. The zero-order valence-corrected chi connectivity index (χ0v) is 21.0. The largest absolute Gasteiger partial charge is 0.381 e. The summed E-state index contributed by atoms with van der Waals surface area (Å²) in [5.41, 5.74) is 1.41. The Bertz CT molecular complexity index is 634. The van der Waals surface area contributed by atoms with Crippen molar-refractivity contribution in [3.63, 3.8) is 0 Å². The number of hydrogen-bond donors (Lipinski definition) is 2. The molecule has 0 saturated carbocycles. The Hall–Kier alpha value is -0.580. The number of ether oxygens (including phenoxy) is 1. The number of likely N-dealkylation sites (N-methyl/N-ethyl adjacent to an activating group) is 1. The van der Waals surface area contributed by atoms with Crippen LogP contribution in [0, 0.1) is 0 Å². The third kappa shape index (κ3) is 5.96. The average Bonchev–Trinajstić information content (AvgIpc) is 3.15. The average molecular weight is 566 g/mol. The fraction of sp³-hybridized carbons (Fsp3) is 0.650. The molecule has 28 heavy (non-hydrogen) atoms. The van der Waals surface area contributed by atoms with Crippen LogP contribution < -0.4 is 15.5 Å². The van der Waals surface area contributed by atoms with Crippen LogP contribution in [0.15, 0.2) is 33.7 Å². The van der Waals surface area contributed by atoms with E-state index in [0.29, 0.717) is 6.04 Å². The van der Waals surface area contributed by atoms with Crippen molar-refractivity contribution in [3.8, 4) is 0 Å². The van der Waals surface area contributed by atoms with Gasteiger partial charge in [-0.05, 0) is 57.6 Å². The van der Waals surface area contributed by atoms with E-state index in [1.54, 1.807) is 0 Å². The minimum Gasteiger partial charge on any atom is -0.381 e. The standard InChI is InChI=1S/C20H32BrN5O.HI/c1-22-19(23-15-20(25(2)3)9-12-27-13-10-20)24-17-8-11-26(14-17)18-6-4-16(21)5-7-18;/h4-7,17H,8-15H2,1-3H3,(H2,22,23,24);1H. The molecule has 2 aliphatic rings. The van der Waals surface area contributed by atoms with E-state index in [9.17, 15) is 0 Å². The first-order valence-electron chi connectivity index (χ1n) is 9.75. The minimum absolute atomic E-state index is 0. The summed E-state index contributed by atoms with van der Waals surface area (Å²) in [6.45, 7) is 4.60. The molecule has 2 saturated heterocycles. The highest BCUT2D eigenvalue weighted by Gasteiger charge is 2.35. The Morgan fingerprint density at radius 3 is 2.57 bits per heavy atom. The van der Waals surface area contributed by atoms with Crippen LogP contribution in [0.5, 0.6) is 0 Å². The maximum Gasteiger partial charge on any atom is 0.191 e. The molecular weight excluding hydrogens is 533 g/mol. The van der Waals surface area contributed by atoms with Gasteiger partial charge in [0.25, 0.3) is 0 Å². The number of anilines is 1. The summed E-state index contributed by atoms with van der Waals surface area (Å²) in [7, 11) is 6.18. The van der Waals surface area contributed by atoms with Gasteiger partial charge in [-0.3, -0.25) is 4.99 Å². The van der Waals surface area contributed by atoms with Gasteiger partial charge in [-0.1, -0.05) is 15.9 Å². The van der Waals surface area contributed by atoms with E-state index in [1.165, 1.54) is 5.69 Å². The molecule has 2 heterocycles. The molecule has 0 radical (unpaired) electrons. The first-order valence-corrected chi connectivity index (χ1v) is 10.5. The summed E-state index contributed by atoms with van der Waals surface area (Å²) in [4.78, 5) is 9.22. The molecule has 0 aromatic heterocycles. The number of nitrogens with one attached hydrogen (secondary N) is 2. The fourth-order valence-electron chi connectivity index (χ4n) is 3.93. The van der Waals surface area contributed by atoms with Gasteiger partial charge < -0.3 is 25.2 Å². The van der Waals surface area contributed by atoms with Crippen molar-refractivity contribution >= 4 is 51.6 Å². The van der Waals surface area contributed by atoms with Gasteiger partial charge in [-0.2, -0.15) is 0 Å². The molecule has 0 aliphatic carbocycles. The second-order valence-corrected chi connectivity index (χ2v) is 8.62. The van der Waals surface area contributed by atoms with Crippen molar-refractivity contribution in [1.82, 2.24) is 15.5 Å². The van der Waals surface area contributed by atoms with Crippen molar-refractivity contribution in [2.75, 3.05) is 58.9 Å². The molecule has 2 N–H and O–H groups in total. The molecule has 1 unspecified atom stereocenters. The van der Waals surface area contributed by atoms with Crippen LogP contribution in [0.2, 0.25) is 0 Å². The predicted molar refractivity (Wildman–Crippen MR) is 131 cm³/mol. The lowest BCUT2D eigenvalue weighted by molar-refractivity contribution is -0.00502. The quantitative estimate of drug-likeness (QED) is 0.327. The second kappa shape index (κ2) is 11.0. The van der Waals surface area contributed by atoms with E-state index in [4.69, 9.17) is 4.74 Å². The molecule has 0 bridgehead atoms. The molecule has 3 rings (SSSR count). The lowest BCUT2D eigenvalue weighted by atomic mass is 9.88. The lowest BCUT2D eigenvalue weighted by Gasteiger charge is -2.43. The van der Waals surface area contributed by atoms with Crippen molar-refractivity contribution in [2.45, 2.75) is 30.8 Å². The Balaban J connectivity index is 0.00000280. The molecule has 2 fully saturated rings. The van der Waals surface area contributed by atoms with Crippen LogP contribution >= 0.6 is 39.9 Å². The first-order chi connectivity index (χ1) is 13.0. The number of aliphatic imine (C=N–C) groups is 1. The van der Waals surface area contributed by atoms with Crippen LogP contribution in [0.25, 0.3) is 0 Å². The molecule has 8 heteroatoms. The summed E-state index contributed by atoms with van der Waals surface area (Å²) in [5.74, 6) is 0.894. The summed E-state index contributed by atoms with van der Waals surface area (Å²) < 4.78 is 6.69. The van der Waals surface area contributed by atoms with E-state index in [-0.39, 0.29) is 29.5 Å². The summed E-state index contributed by atoms with van der Waals surface area (Å²) in [6, 6.07) is 8.96. The molecule has 0 amide bonds. The predicted octanol–water partition coefficient (Wildman–Crippen LogP) is 2.92. The molecular formula is C20H33BrIN5O. The molecule has 1 atom stereocenters. The summed E-state index contributed by atoms with van der Waals surface area (Å²) in [6.07, 6.45) is 3.21. The summed E-state index contributed by atoms with van der Waals surface area (Å²) >= 11 is 3.51. The van der Waals surface area contributed by atoms with E-state index in [2.05, 4.69) is 79.7 Å². The van der Waals surface area contributed by atoms with E-state index in [0.717, 1.165) is 62.5 Å². The molecule has 1 aromatic rings. The number of benzene rings is 1. The zero-order chi connectivity index (χ0) is 19.3. The van der Waals surface area contributed by atoms with Crippen LogP contribution in [0.4, 0.5) is 5.69 Å². The van der Waals surface area contributed by atoms with Crippen LogP contribution in [0.1, 0.15) is 19.3 Å². The van der Waals surface area contributed by atoms with Gasteiger partial charge in [0.1, 0.15) is 0 Å². The van der Waals surface area contributed by atoms with Gasteiger partial charge in [0, 0.05) is 61.6 Å². The molecule has 158 valence electrons. The fourth-order valence-corrected chi connectivity index (χ4v) is 4.20. The van der Waals surface area contributed by atoms with E-state index in [1.807, 2.05) is 7.05 Å². The highest BCUT2D eigenvalue weighted by Crippen LogP contribution is 2.25. The van der Waals surface area contributed by atoms with Crippen LogP contribution in [-0.2, 0) is 4.74 Å². The monoisotopic (exact) mass is 565 g/mol. The third-order valence-corrected chi connectivity index (χ3v) is 6.43. The topological polar surface area (TPSA) is 52.1 Å². The van der Waals surface area contributed by atoms with Crippen molar-refractivity contribution in [3.05, 3.63) is 28.7 Å². The highest BCUT2D eigenvalue weighted by atomic mass is 127. The van der Waals surface area contributed by atoms with Crippen LogP contribution in [0.3, 0.4) is 0 Å². The molecule has 1 aromatic carbocycles. The highest BCUT2D eigenvalue weighted by molar-refractivity contribution is 14.0. The lowest BCUT2D eigenvalue weighted by Crippen LogP contribution is -2.57. The normalized spacial score (nSPS) is 22.1. The number of hydrogen-bond acceptors (Lipinski definition) is 4. The third-order valence-electron chi connectivity index (χ3n) is 5.90. The molecule has 6 nitrogen and oxygen atoms in total. The number of halogens is 2. The van der Waals surface area contributed by atoms with Gasteiger partial charge in [-0.15, -0.1) is 24.0 Å². The number of nitrogens with zero attached hydrogens (tertiary/aromatic N) is 3. The Morgan fingerprint density at radius 1 is 1.29 bits per heavy atom. The minimum atomic E-state index is 0. The van der Waals surface area contributed by atoms with Gasteiger partial charge in [0.2, 0.25) is 0 Å². The second-order valence-electron chi connectivity index (χ2n) is 7.71. The van der Waals surface area contributed by atoms with Gasteiger partial charge in [0.05, 0.1) is 0 Å². The number of rotatable bonds is 5. The van der Waals surface area contributed by atoms with Crippen LogP contribution in [-0.4, -0.2) is 76.4 Å². The van der Waals surface area contributed by atoms with Crippen molar-refractivity contribution < 1.29 is 4.74 Å². The van der Waals surface area contributed by atoms with Gasteiger partial charge in [-0.25, -0.2) is 0 Å². The van der Waals surface area contributed by atoms with E-state index < -0.39 is 0 Å². The van der Waals surface area contributed by atoms with Gasteiger partial charge in [0.15, 0.2) is 5.96 Å². The Labute approximate surface area is 194 Å². The van der Waals surface area contributed by atoms with Crippen molar-refractivity contribution in [1.29, 1.82) is 0 Å². The smallest absolute Gasteiger partial charge is 0.191 e. The number of guanidine groups is 1. The van der Waals surface area contributed by atoms with Gasteiger partial charge >= 0.3 is 0 Å². The summed E-state index contributed by atoms with van der Waals surface area (Å²) in [5, 5.41) is 7.18. The first kappa shape index (κ1) is 23.7. The maximum atomic E-state index is 5.57. The Morgan fingerprint density at radius 2 is 1.96 bits per heavy atom. The van der Waals surface area contributed by atoms with E-state index >= 15 is 0 Å². The van der Waals surface area contributed by atoms with Crippen molar-refractivity contribution in [2.24, 2.45) is 4.99 Å².